The number of aliphatic carboxylic acids is 1. The van der Waals surface area contributed by atoms with Crippen molar-refractivity contribution in [3.05, 3.63) is 36.0 Å². The lowest BCUT2D eigenvalue weighted by molar-refractivity contribution is -0.147. The molecule has 1 fully saturated rings. The van der Waals surface area contributed by atoms with Crippen molar-refractivity contribution in [2.45, 2.75) is 25.9 Å². The van der Waals surface area contributed by atoms with Crippen molar-refractivity contribution in [3.63, 3.8) is 0 Å². The second-order valence-electron chi connectivity index (χ2n) is 5.67. The molecule has 2 heterocycles. The summed E-state index contributed by atoms with van der Waals surface area (Å²) in [6, 6.07) is 8.74. The fraction of sp³-hybridized carbons (Fsp3) is 0.412. The molecule has 1 atom stereocenters. The number of carboxylic acid groups (broad SMARTS) is 1. The average molecular weight is 316 g/mol. The monoisotopic (exact) mass is 316 g/mol. The zero-order valence-corrected chi connectivity index (χ0v) is 13.1. The largest absolute Gasteiger partial charge is 0.480 e. The Morgan fingerprint density at radius 2 is 2.13 bits per heavy atom. The SMILES string of the molecule is CCCn1c(C(=O)N2CCOCC2C(=O)O)cc2ccccc21. The van der Waals surface area contributed by atoms with Crippen molar-refractivity contribution in [1.82, 2.24) is 9.47 Å². The number of aryl methyl sites for hydroxylation is 1. The molecule has 6 nitrogen and oxygen atoms in total. The molecule has 0 saturated carbocycles. The first-order valence-corrected chi connectivity index (χ1v) is 7.83. The van der Waals surface area contributed by atoms with Crippen LogP contribution in [0.3, 0.4) is 0 Å². The molecule has 1 saturated heterocycles. The number of carbonyl (C=O) groups is 2. The van der Waals surface area contributed by atoms with Crippen LogP contribution in [0.15, 0.2) is 30.3 Å². The molecule has 1 amide bonds. The van der Waals surface area contributed by atoms with Crippen LogP contribution in [0.25, 0.3) is 10.9 Å². The summed E-state index contributed by atoms with van der Waals surface area (Å²) in [6.45, 7) is 3.47. The minimum Gasteiger partial charge on any atom is -0.480 e. The molecule has 0 aliphatic carbocycles. The fourth-order valence-electron chi connectivity index (χ4n) is 3.05. The van der Waals surface area contributed by atoms with Gasteiger partial charge in [-0.15, -0.1) is 0 Å². The molecular formula is C17H20N2O4. The van der Waals surface area contributed by atoms with Crippen molar-refractivity contribution in [2.75, 3.05) is 19.8 Å². The van der Waals surface area contributed by atoms with E-state index in [0.29, 0.717) is 18.8 Å². The van der Waals surface area contributed by atoms with Crippen LogP contribution >= 0.6 is 0 Å². The van der Waals surface area contributed by atoms with Crippen molar-refractivity contribution < 1.29 is 19.4 Å². The molecular weight excluding hydrogens is 296 g/mol. The quantitative estimate of drug-likeness (QED) is 0.936. The third-order valence-corrected chi connectivity index (χ3v) is 4.15. The molecule has 1 aliphatic rings. The summed E-state index contributed by atoms with van der Waals surface area (Å²) in [7, 11) is 0. The number of carboxylic acids is 1. The predicted octanol–water partition coefficient (Wildman–Crippen LogP) is 1.98. The third-order valence-electron chi connectivity index (χ3n) is 4.15. The number of amides is 1. The Hall–Kier alpha value is -2.34. The van der Waals surface area contributed by atoms with Gasteiger partial charge in [-0.2, -0.15) is 0 Å². The molecule has 122 valence electrons. The van der Waals surface area contributed by atoms with E-state index in [2.05, 4.69) is 6.92 Å². The van der Waals surface area contributed by atoms with Crippen molar-refractivity contribution >= 4 is 22.8 Å². The van der Waals surface area contributed by atoms with E-state index in [1.54, 1.807) is 0 Å². The Bertz CT molecular complexity index is 737. The lowest BCUT2D eigenvalue weighted by Crippen LogP contribution is -2.52. The average Bonchev–Trinajstić information content (AvgIpc) is 2.93. The minimum atomic E-state index is -1.03. The van der Waals surface area contributed by atoms with E-state index in [1.165, 1.54) is 4.90 Å². The summed E-state index contributed by atoms with van der Waals surface area (Å²) in [6.07, 6.45) is 0.893. The van der Waals surface area contributed by atoms with E-state index in [4.69, 9.17) is 4.74 Å². The number of hydrogen-bond donors (Lipinski definition) is 1. The van der Waals surface area contributed by atoms with Crippen LogP contribution in [-0.2, 0) is 16.1 Å². The Morgan fingerprint density at radius 3 is 2.87 bits per heavy atom. The highest BCUT2D eigenvalue weighted by Gasteiger charge is 2.34. The highest BCUT2D eigenvalue weighted by Crippen LogP contribution is 2.23. The van der Waals surface area contributed by atoms with Gasteiger partial charge in [0.1, 0.15) is 5.69 Å². The van der Waals surface area contributed by atoms with Gasteiger partial charge in [-0.3, -0.25) is 4.79 Å². The van der Waals surface area contributed by atoms with Gasteiger partial charge in [-0.25, -0.2) is 4.79 Å². The van der Waals surface area contributed by atoms with Crippen LogP contribution in [0.1, 0.15) is 23.8 Å². The standard InChI is InChI=1S/C17H20N2O4/c1-2-7-18-13-6-4-3-5-12(13)10-14(18)16(20)19-8-9-23-11-15(19)17(21)22/h3-6,10,15H,2,7-9,11H2,1H3,(H,21,22). The number of nitrogens with zero attached hydrogens (tertiary/aromatic N) is 2. The number of fused-ring (bicyclic) bond motifs is 1. The molecule has 6 heteroatoms. The Labute approximate surface area is 134 Å². The van der Waals surface area contributed by atoms with Gasteiger partial charge in [-0.1, -0.05) is 25.1 Å². The number of aromatic nitrogens is 1. The molecule has 0 radical (unpaired) electrons. The van der Waals surface area contributed by atoms with Crippen molar-refractivity contribution in [2.24, 2.45) is 0 Å². The first-order chi connectivity index (χ1) is 11.1. The van der Waals surface area contributed by atoms with Crippen LogP contribution < -0.4 is 0 Å². The van der Waals surface area contributed by atoms with E-state index >= 15 is 0 Å². The lowest BCUT2D eigenvalue weighted by Gasteiger charge is -2.33. The van der Waals surface area contributed by atoms with Crippen molar-refractivity contribution in [3.8, 4) is 0 Å². The molecule has 0 bridgehead atoms. The second kappa shape index (κ2) is 6.42. The number of benzene rings is 1. The van der Waals surface area contributed by atoms with Gasteiger partial charge in [0.15, 0.2) is 6.04 Å². The maximum Gasteiger partial charge on any atom is 0.328 e. The zero-order valence-electron chi connectivity index (χ0n) is 13.1. The molecule has 1 aliphatic heterocycles. The number of carbonyl (C=O) groups excluding carboxylic acids is 1. The number of para-hydroxylation sites is 1. The third kappa shape index (κ3) is 2.82. The molecule has 2 aromatic rings. The lowest BCUT2D eigenvalue weighted by atomic mass is 10.2. The van der Waals surface area contributed by atoms with Crippen LogP contribution in [0.2, 0.25) is 0 Å². The highest BCUT2D eigenvalue weighted by molar-refractivity contribution is 6.00. The van der Waals surface area contributed by atoms with Crippen LogP contribution in [-0.4, -0.2) is 52.3 Å². The van der Waals surface area contributed by atoms with Crippen LogP contribution in [0.5, 0.6) is 0 Å². The second-order valence-corrected chi connectivity index (χ2v) is 5.67. The molecule has 0 spiro atoms. The molecule has 1 aromatic carbocycles. The van der Waals surface area contributed by atoms with Crippen LogP contribution in [0, 0.1) is 0 Å². The van der Waals surface area contributed by atoms with Gasteiger partial charge >= 0.3 is 5.97 Å². The normalized spacial score (nSPS) is 18.3. The molecule has 1 aromatic heterocycles. The molecule has 1 N–H and O–H groups in total. The first-order valence-electron chi connectivity index (χ1n) is 7.83. The van der Waals surface area contributed by atoms with E-state index in [9.17, 15) is 14.7 Å². The Kier molecular flexibility index (Phi) is 4.34. The van der Waals surface area contributed by atoms with Gasteiger partial charge in [0.2, 0.25) is 0 Å². The maximum atomic E-state index is 13.0. The number of rotatable bonds is 4. The van der Waals surface area contributed by atoms with Crippen molar-refractivity contribution in [1.29, 1.82) is 0 Å². The van der Waals surface area contributed by atoms with E-state index in [1.807, 2.05) is 34.9 Å². The topological polar surface area (TPSA) is 71.8 Å². The summed E-state index contributed by atoms with van der Waals surface area (Å²) in [4.78, 5) is 25.8. The van der Waals surface area contributed by atoms with Gasteiger partial charge in [0, 0.05) is 24.0 Å². The number of hydrogen-bond acceptors (Lipinski definition) is 3. The summed E-state index contributed by atoms with van der Waals surface area (Å²) >= 11 is 0. The van der Waals surface area contributed by atoms with Gasteiger partial charge in [0.25, 0.3) is 5.91 Å². The van der Waals surface area contributed by atoms with Gasteiger partial charge in [-0.05, 0) is 18.6 Å². The minimum absolute atomic E-state index is 0.0368. The highest BCUT2D eigenvalue weighted by atomic mass is 16.5. The zero-order chi connectivity index (χ0) is 16.4. The van der Waals surface area contributed by atoms with Crippen LogP contribution in [0.4, 0.5) is 0 Å². The number of ether oxygens (including phenoxy) is 1. The number of morpholine rings is 1. The predicted molar refractivity (Wildman–Crippen MR) is 85.5 cm³/mol. The Balaban J connectivity index is 2.02. The van der Waals surface area contributed by atoms with Gasteiger partial charge < -0.3 is 19.3 Å². The summed E-state index contributed by atoms with van der Waals surface area (Å²) in [5, 5.41) is 10.3. The Morgan fingerprint density at radius 1 is 1.35 bits per heavy atom. The smallest absolute Gasteiger partial charge is 0.328 e. The van der Waals surface area contributed by atoms with E-state index in [0.717, 1.165) is 23.9 Å². The summed E-state index contributed by atoms with van der Waals surface area (Å²) < 4.78 is 7.19. The maximum absolute atomic E-state index is 13.0. The first kappa shape index (κ1) is 15.6. The van der Waals surface area contributed by atoms with E-state index in [-0.39, 0.29) is 12.5 Å². The summed E-state index contributed by atoms with van der Waals surface area (Å²) in [5.41, 5.74) is 1.54. The van der Waals surface area contributed by atoms with Gasteiger partial charge in [0.05, 0.1) is 13.2 Å². The molecule has 23 heavy (non-hydrogen) atoms. The van der Waals surface area contributed by atoms with E-state index < -0.39 is 12.0 Å². The molecule has 3 rings (SSSR count). The summed E-state index contributed by atoms with van der Waals surface area (Å²) in [5.74, 6) is -1.28. The fourth-order valence-corrected chi connectivity index (χ4v) is 3.05. The molecule has 1 unspecified atom stereocenters.